The first-order valence-corrected chi connectivity index (χ1v) is 6.64. The molecule has 1 aromatic carbocycles. The first kappa shape index (κ1) is 14.0. The minimum Gasteiger partial charge on any atom is -0.494 e. The summed E-state index contributed by atoms with van der Waals surface area (Å²) in [7, 11) is 0. The zero-order chi connectivity index (χ0) is 12.5. The van der Waals surface area contributed by atoms with Gasteiger partial charge in [-0.25, -0.2) is 0 Å². The fraction of sp³-hybridized carbons (Fsp3) is 0.600. The standard InChI is InChI=1S/C15H25NO/c1-4-11-17-15-7-5-14(6-8-15)9-10-16-12-13(2)3/h5-8,13,16H,4,9-12H2,1-3H3. The van der Waals surface area contributed by atoms with Crippen molar-refractivity contribution >= 4 is 0 Å². The fourth-order valence-electron chi connectivity index (χ4n) is 1.60. The molecular weight excluding hydrogens is 210 g/mol. The molecule has 0 saturated heterocycles. The molecule has 0 spiro atoms. The van der Waals surface area contributed by atoms with E-state index in [1.54, 1.807) is 0 Å². The maximum Gasteiger partial charge on any atom is 0.119 e. The molecule has 0 bridgehead atoms. The highest BCUT2D eigenvalue weighted by Gasteiger charge is 1.96. The van der Waals surface area contributed by atoms with E-state index < -0.39 is 0 Å². The van der Waals surface area contributed by atoms with Crippen LogP contribution in [0.3, 0.4) is 0 Å². The second-order valence-electron chi connectivity index (χ2n) is 4.84. The molecule has 0 fully saturated rings. The molecule has 2 heteroatoms. The summed E-state index contributed by atoms with van der Waals surface area (Å²) in [5, 5.41) is 3.45. The first-order chi connectivity index (χ1) is 8.22. The largest absolute Gasteiger partial charge is 0.494 e. The van der Waals surface area contributed by atoms with Gasteiger partial charge in [0.15, 0.2) is 0 Å². The van der Waals surface area contributed by atoms with Gasteiger partial charge in [-0.15, -0.1) is 0 Å². The highest BCUT2D eigenvalue weighted by Crippen LogP contribution is 2.12. The van der Waals surface area contributed by atoms with Crippen LogP contribution < -0.4 is 10.1 Å². The number of rotatable bonds is 8. The van der Waals surface area contributed by atoms with Crippen LogP contribution in [0.15, 0.2) is 24.3 Å². The lowest BCUT2D eigenvalue weighted by Gasteiger charge is -2.08. The van der Waals surface area contributed by atoms with Crippen molar-refractivity contribution in [3.05, 3.63) is 29.8 Å². The molecule has 0 aliphatic carbocycles. The molecule has 0 radical (unpaired) electrons. The zero-order valence-corrected chi connectivity index (χ0v) is 11.3. The lowest BCUT2D eigenvalue weighted by molar-refractivity contribution is 0.317. The number of hydrogen-bond donors (Lipinski definition) is 1. The molecule has 1 aromatic rings. The van der Waals surface area contributed by atoms with Gasteiger partial charge in [0.05, 0.1) is 6.61 Å². The molecule has 0 aromatic heterocycles. The predicted octanol–water partition coefficient (Wildman–Crippen LogP) is 3.26. The second-order valence-corrected chi connectivity index (χ2v) is 4.84. The van der Waals surface area contributed by atoms with Gasteiger partial charge in [0.2, 0.25) is 0 Å². The molecule has 0 amide bonds. The van der Waals surface area contributed by atoms with Gasteiger partial charge in [0, 0.05) is 0 Å². The molecule has 0 aliphatic rings. The van der Waals surface area contributed by atoms with Gasteiger partial charge in [-0.2, -0.15) is 0 Å². The lowest BCUT2D eigenvalue weighted by atomic mass is 10.1. The molecule has 96 valence electrons. The minimum atomic E-state index is 0.722. The Labute approximate surface area is 105 Å². The molecule has 0 unspecified atom stereocenters. The van der Waals surface area contributed by atoms with Crippen LogP contribution in [0.4, 0.5) is 0 Å². The molecule has 0 saturated carbocycles. The average molecular weight is 235 g/mol. The van der Waals surface area contributed by atoms with Gasteiger partial charge in [0.1, 0.15) is 5.75 Å². The Kier molecular flexibility index (Phi) is 6.71. The van der Waals surface area contributed by atoms with E-state index in [1.807, 2.05) is 0 Å². The quantitative estimate of drug-likeness (QED) is 0.698. The number of nitrogens with one attached hydrogen (secondary N) is 1. The molecule has 0 aliphatic heterocycles. The summed E-state index contributed by atoms with van der Waals surface area (Å²) in [5.41, 5.74) is 1.37. The van der Waals surface area contributed by atoms with Crippen molar-refractivity contribution in [3.63, 3.8) is 0 Å². The molecule has 2 nitrogen and oxygen atoms in total. The number of ether oxygens (including phenoxy) is 1. The van der Waals surface area contributed by atoms with Crippen molar-refractivity contribution in [2.75, 3.05) is 19.7 Å². The van der Waals surface area contributed by atoms with E-state index in [4.69, 9.17) is 4.74 Å². The molecular formula is C15H25NO. The zero-order valence-electron chi connectivity index (χ0n) is 11.3. The van der Waals surface area contributed by atoms with Crippen molar-refractivity contribution in [1.82, 2.24) is 5.32 Å². The summed E-state index contributed by atoms with van der Waals surface area (Å²) in [6.45, 7) is 9.52. The Hall–Kier alpha value is -1.02. The third-order valence-electron chi connectivity index (χ3n) is 2.54. The third kappa shape index (κ3) is 6.32. The Morgan fingerprint density at radius 2 is 1.88 bits per heavy atom. The average Bonchev–Trinajstić information content (AvgIpc) is 2.33. The highest BCUT2D eigenvalue weighted by atomic mass is 16.5. The first-order valence-electron chi connectivity index (χ1n) is 6.64. The normalized spacial score (nSPS) is 10.8. The summed E-state index contributed by atoms with van der Waals surface area (Å²) >= 11 is 0. The van der Waals surface area contributed by atoms with E-state index in [1.165, 1.54) is 5.56 Å². The van der Waals surface area contributed by atoms with Crippen LogP contribution in [-0.4, -0.2) is 19.7 Å². The molecule has 0 heterocycles. The predicted molar refractivity (Wildman–Crippen MR) is 73.6 cm³/mol. The highest BCUT2D eigenvalue weighted by molar-refractivity contribution is 5.27. The van der Waals surface area contributed by atoms with Crippen LogP contribution in [0.25, 0.3) is 0 Å². The molecule has 1 rings (SSSR count). The summed E-state index contributed by atoms with van der Waals surface area (Å²) in [6, 6.07) is 8.44. The summed E-state index contributed by atoms with van der Waals surface area (Å²) in [5.74, 6) is 1.70. The van der Waals surface area contributed by atoms with Gasteiger partial charge in [-0.05, 0) is 49.5 Å². The fourth-order valence-corrected chi connectivity index (χ4v) is 1.60. The van der Waals surface area contributed by atoms with E-state index in [9.17, 15) is 0 Å². The van der Waals surface area contributed by atoms with E-state index in [-0.39, 0.29) is 0 Å². The van der Waals surface area contributed by atoms with E-state index in [0.29, 0.717) is 0 Å². The Morgan fingerprint density at radius 1 is 1.18 bits per heavy atom. The Bertz CT molecular complexity index is 292. The van der Waals surface area contributed by atoms with Crippen molar-refractivity contribution in [1.29, 1.82) is 0 Å². The summed E-state index contributed by atoms with van der Waals surface area (Å²) in [4.78, 5) is 0. The number of benzene rings is 1. The van der Waals surface area contributed by atoms with Crippen molar-refractivity contribution < 1.29 is 4.74 Å². The van der Waals surface area contributed by atoms with Gasteiger partial charge >= 0.3 is 0 Å². The van der Waals surface area contributed by atoms with E-state index in [2.05, 4.69) is 50.4 Å². The monoisotopic (exact) mass is 235 g/mol. The maximum absolute atomic E-state index is 5.55. The van der Waals surface area contributed by atoms with Crippen LogP contribution in [0.5, 0.6) is 5.75 Å². The van der Waals surface area contributed by atoms with Gasteiger partial charge in [-0.1, -0.05) is 32.9 Å². The Balaban J connectivity index is 2.25. The van der Waals surface area contributed by atoms with E-state index >= 15 is 0 Å². The third-order valence-corrected chi connectivity index (χ3v) is 2.54. The van der Waals surface area contributed by atoms with Gasteiger partial charge in [0.25, 0.3) is 0 Å². The van der Waals surface area contributed by atoms with Crippen molar-refractivity contribution in [2.45, 2.75) is 33.6 Å². The number of hydrogen-bond acceptors (Lipinski definition) is 2. The summed E-state index contributed by atoms with van der Waals surface area (Å²) < 4.78 is 5.55. The summed E-state index contributed by atoms with van der Waals surface area (Å²) in [6.07, 6.45) is 2.14. The smallest absolute Gasteiger partial charge is 0.119 e. The van der Waals surface area contributed by atoms with Gasteiger partial charge < -0.3 is 10.1 Å². The van der Waals surface area contributed by atoms with Crippen LogP contribution in [0, 0.1) is 5.92 Å². The van der Waals surface area contributed by atoms with E-state index in [0.717, 1.165) is 44.2 Å². The van der Waals surface area contributed by atoms with Gasteiger partial charge in [-0.3, -0.25) is 0 Å². The Morgan fingerprint density at radius 3 is 2.47 bits per heavy atom. The van der Waals surface area contributed by atoms with Crippen LogP contribution in [0.2, 0.25) is 0 Å². The lowest BCUT2D eigenvalue weighted by Crippen LogP contribution is -2.22. The SMILES string of the molecule is CCCOc1ccc(CCNCC(C)C)cc1. The second kappa shape index (κ2) is 8.13. The minimum absolute atomic E-state index is 0.722. The van der Waals surface area contributed by atoms with Crippen molar-refractivity contribution in [2.24, 2.45) is 5.92 Å². The van der Waals surface area contributed by atoms with Crippen LogP contribution in [0.1, 0.15) is 32.8 Å². The van der Waals surface area contributed by atoms with Crippen LogP contribution in [-0.2, 0) is 6.42 Å². The van der Waals surface area contributed by atoms with Crippen molar-refractivity contribution in [3.8, 4) is 5.75 Å². The molecule has 1 N–H and O–H groups in total. The van der Waals surface area contributed by atoms with Crippen LogP contribution >= 0.6 is 0 Å². The topological polar surface area (TPSA) is 21.3 Å². The molecule has 0 atom stereocenters. The maximum atomic E-state index is 5.55. The molecule has 17 heavy (non-hydrogen) atoms.